The highest BCUT2D eigenvalue weighted by Gasteiger charge is 2.34. The number of pyridine rings is 2. The minimum atomic E-state index is -1.00. The number of aryl methyl sites for hydroxylation is 4. The van der Waals surface area contributed by atoms with Crippen LogP contribution in [0.5, 0.6) is 23.4 Å². The molecule has 54 heavy (non-hydrogen) atoms. The molecule has 0 unspecified atom stereocenters. The zero-order valence-electron chi connectivity index (χ0n) is 32.6. The summed E-state index contributed by atoms with van der Waals surface area (Å²) < 4.78 is 24.8. The molecule has 0 saturated heterocycles. The predicted octanol–water partition coefficient (Wildman–Crippen LogP) is 10.4. The highest BCUT2D eigenvalue weighted by atomic mass is 31.1. The van der Waals surface area contributed by atoms with E-state index in [1.165, 1.54) is 49.8 Å². The molecule has 0 atom stereocenters. The molecule has 2 heterocycles. The lowest BCUT2D eigenvalue weighted by Crippen LogP contribution is -2.20. The number of rotatable bonds is 15. The molecule has 0 aliphatic heterocycles. The van der Waals surface area contributed by atoms with Gasteiger partial charge in [-0.2, -0.15) is 4.98 Å². The Morgan fingerprint density at radius 2 is 0.889 bits per heavy atom. The number of benzene rings is 4. The quantitative estimate of drug-likeness (QED) is 0.0973. The summed E-state index contributed by atoms with van der Waals surface area (Å²) in [6.45, 7) is 8.61. The average Bonchev–Trinajstić information content (AvgIpc) is 3.16. The van der Waals surface area contributed by atoms with Crippen molar-refractivity contribution in [3.63, 3.8) is 0 Å². The van der Waals surface area contributed by atoms with E-state index in [0.717, 1.165) is 41.1 Å². The molecule has 0 aliphatic rings. The molecular weight excluding hydrogens is 706 g/mol. The molecule has 278 valence electrons. The highest BCUT2D eigenvalue weighted by Crippen LogP contribution is 2.54. The van der Waals surface area contributed by atoms with Gasteiger partial charge in [0.1, 0.15) is 0 Å². The van der Waals surface area contributed by atoms with E-state index in [1.54, 1.807) is 28.4 Å². The summed E-state index contributed by atoms with van der Waals surface area (Å²) in [5, 5.41) is 2.20. The summed E-state index contributed by atoms with van der Waals surface area (Å²) in [6, 6.07) is 37.5. The standard InChI is InChI=1S/C46H50N2O4P2/c1-31-13-9-17-35(23-31)27-53(28-36-18-10-14-32(2)24-36)39-21-22-47-44(50-6)40(39)41-43(42(49-5)46(52-8)48-45(41)51-7)54(29-37-19-11-15-33(3)25-37)30-38-20-12-16-34(4)26-38/h9-26H,27-30H2,1-8H3. The zero-order chi connectivity index (χ0) is 38.2. The summed E-state index contributed by atoms with van der Waals surface area (Å²) in [6.07, 6.45) is 5.26. The topological polar surface area (TPSA) is 62.7 Å². The summed E-state index contributed by atoms with van der Waals surface area (Å²) in [4.78, 5) is 9.84. The van der Waals surface area contributed by atoms with Crippen molar-refractivity contribution in [1.82, 2.24) is 9.97 Å². The average molecular weight is 757 g/mol. The molecule has 0 radical (unpaired) electrons. The molecule has 6 aromatic rings. The molecular formula is C46H50N2O4P2. The van der Waals surface area contributed by atoms with E-state index in [9.17, 15) is 0 Å². The van der Waals surface area contributed by atoms with Crippen molar-refractivity contribution in [3.8, 4) is 34.5 Å². The SMILES string of the molecule is COc1nc(OC)c(-c2c(P(Cc3cccc(C)c3)Cc3cccc(C)c3)ccnc2OC)c(P(Cc2cccc(C)c2)Cc2cccc(C)c2)c1OC. The smallest absolute Gasteiger partial charge is 0.260 e. The van der Waals surface area contributed by atoms with Gasteiger partial charge in [-0.15, -0.1) is 0 Å². The lowest BCUT2D eigenvalue weighted by molar-refractivity contribution is 0.332. The normalized spacial score (nSPS) is 11.2. The maximum absolute atomic E-state index is 6.34. The van der Waals surface area contributed by atoms with Crippen LogP contribution in [0.25, 0.3) is 11.1 Å². The second-order valence-electron chi connectivity index (χ2n) is 13.8. The second kappa shape index (κ2) is 18.0. The van der Waals surface area contributed by atoms with Crippen LogP contribution in [0.3, 0.4) is 0 Å². The van der Waals surface area contributed by atoms with Crippen molar-refractivity contribution in [2.24, 2.45) is 0 Å². The van der Waals surface area contributed by atoms with Crippen LogP contribution in [-0.4, -0.2) is 38.4 Å². The van der Waals surface area contributed by atoms with Crippen molar-refractivity contribution in [2.45, 2.75) is 52.3 Å². The van der Waals surface area contributed by atoms with Crippen LogP contribution in [-0.2, 0) is 24.6 Å². The van der Waals surface area contributed by atoms with E-state index >= 15 is 0 Å². The Bertz CT molecular complexity index is 2130. The first-order valence-electron chi connectivity index (χ1n) is 18.2. The van der Waals surface area contributed by atoms with Crippen molar-refractivity contribution in [1.29, 1.82) is 0 Å². The van der Waals surface area contributed by atoms with Crippen molar-refractivity contribution in [3.05, 3.63) is 154 Å². The van der Waals surface area contributed by atoms with Crippen LogP contribution in [0.4, 0.5) is 0 Å². The molecule has 0 bridgehead atoms. The molecule has 0 saturated carbocycles. The second-order valence-corrected chi connectivity index (χ2v) is 18.1. The molecule has 4 aromatic carbocycles. The monoisotopic (exact) mass is 756 g/mol. The minimum Gasteiger partial charge on any atom is -0.491 e. The number of ether oxygens (including phenoxy) is 4. The maximum atomic E-state index is 6.34. The van der Waals surface area contributed by atoms with Gasteiger partial charge in [-0.1, -0.05) is 135 Å². The van der Waals surface area contributed by atoms with Gasteiger partial charge in [0.25, 0.3) is 5.88 Å². The van der Waals surface area contributed by atoms with Crippen LogP contribution in [0.1, 0.15) is 44.5 Å². The fraction of sp³-hybridized carbons (Fsp3) is 0.261. The van der Waals surface area contributed by atoms with Crippen molar-refractivity contribution < 1.29 is 18.9 Å². The summed E-state index contributed by atoms with van der Waals surface area (Å²) in [7, 11) is 4.86. The maximum Gasteiger partial charge on any atom is 0.260 e. The van der Waals surface area contributed by atoms with E-state index in [4.69, 9.17) is 28.9 Å². The third-order valence-electron chi connectivity index (χ3n) is 9.47. The number of nitrogens with zero attached hydrogens (tertiary/aromatic N) is 2. The van der Waals surface area contributed by atoms with E-state index in [-0.39, 0.29) is 0 Å². The lowest BCUT2D eigenvalue weighted by Gasteiger charge is -2.29. The minimum absolute atomic E-state index is 0.389. The molecule has 0 spiro atoms. The Morgan fingerprint density at radius 3 is 1.28 bits per heavy atom. The van der Waals surface area contributed by atoms with E-state index in [1.807, 2.05) is 6.20 Å². The lowest BCUT2D eigenvalue weighted by atomic mass is 10.1. The van der Waals surface area contributed by atoms with Gasteiger partial charge in [-0.25, -0.2) is 4.98 Å². The molecule has 8 heteroatoms. The Balaban J connectivity index is 1.66. The third kappa shape index (κ3) is 9.12. The molecule has 0 aliphatic carbocycles. The highest BCUT2D eigenvalue weighted by molar-refractivity contribution is 7.65. The first-order chi connectivity index (χ1) is 26.2. The molecule has 0 fully saturated rings. The van der Waals surface area contributed by atoms with Crippen LogP contribution in [0, 0.1) is 27.7 Å². The van der Waals surface area contributed by atoms with Gasteiger partial charge in [-0.05, 0) is 86.0 Å². The van der Waals surface area contributed by atoms with Crippen LogP contribution in [0.2, 0.25) is 0 Å². The van der Waals surface area contributed by atoms with E-state index in [2.05, 4.69) is 131 Å². The summed E-state index contributed by atoms with van der Waals surface area (Å²) >= 11 is 0. The molecule has 6 nitrogen and oxygen atoms in total. The summed E-state index contributed by atoms with van der Waals surface area (Å²) in [5.74, 6) is 1.99. The predicted molar refractivity (Wildman–Crippen MR) is 226 cm³/mol. The number of methoxy groups -OCH3 is 4. The molecule has 0 amide bonds. The van der Waals surface area contributed by atoms with Crippen LogP contribution >= 0.6 is 15.8 Å². The molecule has 0 N–H and O–H groups in total. The Hall–Kier alpha value is -4.76. The Kier molecular flexibility index (Phi) is 13.0. The molecule has 2 aromatic heterocycles. The largest absolute Gasteiger partial charge is 0.491 e. The first-order valence-corrected chi connectivity index (χ1v) is 21.6. The Labute approximate surface area is 323 Å². The van der Waals surface area contributed by atoms with Gasteiger partial charge in [0.05, 0.1) is 39.6 Å². The van der Waals surface area contributed by atoms with Crippen molar-refractivity contribution in [2.75, 3.05) is 28.4 Å². The summed E-state index contributed by atoms with van der Waals surface area (Å²) in [5.41, 5.74) is 11.8. The fourth-order valence-corrected chi connectivity index (χ4v) is 12.4. The van der Waals surface area contributed by atoms with Crippen LogP contribution in [0.15, 0.2) is 109 Å². The Morgan fingerprint density at radius 1 is 0.463 bits per heavy atom. The van der Waals surface area contributed by atoms with Gasteiger partial charge in [0.15, 0.2) is 5.75 Å². The number of aromatic nitrogens is 2. The van der Waals surface area contributed by atoms with Crippen molar-refractivity contribution >= 4 is 26.5 Å². The number of hydrogen-bond donors (Lipinski definition) is 0. The van der Waals surface area contributed by atoms with E-state index < -0.39 is 15.8 Å². The van der Waals surface area contributed by atoms with Gasteiger partial charge in [0.2, 0.25) is 11.8 Å². The van der Waals surface area contributed by atoms with Crippen LogP contribution < -0.4 is 29.6 Å². The van der Waals surface area contributed by atoms with Gasteiger partial charge in [0, 0.05) is 11.5 Å². The zero-order valence-corrected chi connectivity index (χ0v) is 34.4. The number of hydrogen-bond acceptors (Lipinski definition) is 6. The molecule has 6 rings (SSSR count). The fourth-order valence-electron chi connectivity index (χ4n) is 7.16. The first kappa shape index (κ1) is 38.9. The third-order valence-corrected chi connectivity index (χ3v) is 14.6. The van der Waals surface area contributed by atoms with E-state index in [0.29, 0.717) is 23.4 Å². The van der Waals surface area contributed by atoms with Gasteiger partial charge < -0.3 is 18.9 Å². The van der Waals surface area contributed by atoms with Gasteiger partial charge >= 0.3 is 0 Å². The van der Waals surface area contributed by atoms with Gasteiger partial charge in [-0.3, -0.25) is 0 Å².